The average Bonchev–Trinajstić information content (AvgIpc) is 2.61. The van der Waals surface area contributed by atoms with E-state index >= 15 is 0 Å². The number of benzene rings is 1. The molecule has 26 heavy (non-hydrogen) atoms. The van der Waals surface area contributed by atoms with Crippen LogP contribution in [-0.2, 0) is 24.3 Å². The summed E-state index contributed by atoms with van der Waals surface area (Å²) < 4.78 is 51.3. The number of sulfonamides is 1. The first kappa shape index (κ1) is 19.2. The Bertz CT molecular complexity index is 742. The molecule has 1 aliphatic carbocycles. The molecule has 0 bridgehead atoms. The first-order valence-corrected chi connectivity index (χ1v) is 10.2. The highest BCUT2D eigenvalue weighted by molar-refractivity contribution is 7.89. The molecule has 7 nitrogen and oxygen atoms in total. The summed E-state index contributed by atoms with van der Waals surface area (Å²) in [5.74, 6) is -1.07. The standard InChI is InChI=1S/C17H23FN2O5S/c18-13-3-1-2-4-16(13)26(22,23)19-8-7-17(21)20-12-5-6-14-15(11-12)25-10-9-24-14/h1-4,12,14-15,19H,5-11H2,(H,20,21). The van der Waals surface area contributed by atoms with E-state index in [2.05, 4.69) is 10.0 Å². The van der Waals surface area contributed by atoms with Crippen molar-refractivity contribution >= 4 is 15.9 Å². The molecule has 2 fully saturated rings. The largest absolute Gasteiger partial charge is 0.373 e. The number of nitrogens with one attached hydrogen (secondary N) is 2. The fourth-order valence-electron chi connectivity index (χ4n) is 3.34. The number of amides is 1. The van der Waals surface area contributed by atoms with Crippen LogP contribution in [0.1, 0.15) is 25.7 Å². The van der Waals surface area contributed by atoms with E-state index in [-0.39, 0.29) is 37.1 Å². The van der Waals surface area contributed by atoms with Gasteiger partial charge in [-0.15, -0.1) is 0 Å². The number of carbonyl (C=O) groups excluding carboxylic acids is 1. The molecule has 1 heterocycles. The van der Waals surface area contributed by atoms with Crippen LogP contribution in [0.3, 0.4) is 0 Å². The molecule has 2 N–H and O–H groups in total. The van der Waals surface area contributed by atoms with E-state index in [1.54, 1.807) is 0 Å². The number of hydrogen-bond donors (Lipinski definition) is 2. The summed E-state index contributed by atoms with van der Waals surface area (Å²) in [5.41, 5.74) is 0. The van der Waals surface area contributed by atoms with E-state index in [1.165, 1.54) is 18.2 Å². The predicted molar refractivity (Wildman–Crippen MR) is 91.5 cm³/mol. The normalized spacial score (nSPS) is 26.1. The lowest BCUT2D eigenvalue weighted by Crippen LogP contribution is -2.49. The molecule has 3 atom stereocenters. The fourth-order valence-corrected chi connectivity index (χ4v) is 4.45. The van der Waals surface area contributed by atoms with Crippen LogP contribution < -0.4 is 10.0 Å². The summed E-state index contributed by atoms with van der Waals surface area (Å²) in [4.78, 5) is 11.6. The second kappa shape index (κ2) is 8.43. The highest BCUT2D eigenvalue weighted by atomic mass is 32.2. The summed E-state index contributed by atoms with van der Waals surface area (Å²) in [6.07, 6.45) is 2.41. The van der Waals surface area contributed by atoms with Gasteiger partial charge in [0.1, 0.15) is 10.7 Å². The third-order valence-corrected chi connectivity index (χ3v) is 6.11. The predicted octanol–water partition coefficient (Wildman–Crippen LogP) is 0.947. The molecule has 1 amide bonds. The maximum Gasteiger partial charge on any atom is 0.243 e. The highest BCUT2D eigenvalue weighted by Gasteiger charge is 2.34. The number of carbonyl (C=O) groups is 1. The van der Waals surface area contributed by atoms with Gasteiger partial charge < -0.3 is 14.8 Å². The third kappa shape index (κ3) is 4.79. The van der Waals surface area contributed by atoms with Crippen LogP contribution in [-0.4, -0.2) is 52.3 Å². The van der Waals surface area contributed by atoms with Crippen molar-refractivity contribution in [1.82, 2.24) is 10.0 Å². The second-order valence-electron chi connectivity index (χ2n) is 6.47. The molecular weight excluding hydrogens is 363 g/mol. The Hall–Kier alpha value is -1.55. The Morgan fingerprint density at radius 1 is 1.15 bits per heavy atom. The van der Waals surface area contributed by atoms with Gasteiger partial charge in [-0.1, -0.05) is 12.1 Å². The minimum absolute atomic E-state index is 0.00218. The van der Waals surface area contributed by atoms with Crippen LogP contribution in [0.2, 0.25) is 0 Å². The van der Waals surface area contributed by atoms with Crippen LogP contribution in [0.4, 0.5) is 4.39 Å². The van der Waals surface area contributed by atoms with Crippen molar-refractivity contribution < 1.29 is 27.1 Å². The molecule has 1 saturated heterocycles. The van der Waals surface area contributed by atoms with Crippen LogP contribution in [0.15, 0.2) is 29.2 Å². The SMILES string of the molecule is O=C(CCNS(=O)(=O)c1ccccc1F)NC1CCC2OCCOC2C1. The van der Waals surface area contributed by atoms with Crippen LogP contribution in [0.25, 0.3) is 0 Å². The van der Waals surface area contributed by atoms with E-state index in [1.807, 2.05) is 0 Å². The number of ether oxygens (including phenoxy) is 2. The van der Waals surface area contributed by atoms with Crippen molar-refractivity contribution in [2.75, 3.05) is 19.8 Å². The molecule has 1 aromatic rings. The number of hydrogen-bond acceptors (Lipinski definition) is 5. The van der Waals surface area contributed by atoms with Crippen LogP contribution >= 0.6 is 0 Å². The lowest BCUT2D eigenvalue weighted by molar-refractivity contribution is -0.158. The molecule has 9 heteroatoms. The van der Waals surface area contributed by atoms with Gasteiger partial charge in [-0.2, -0.15) is 0 Å². The van der Waals surface area contributed by atoms with Crippen molar-refractivity contribution in [3.63, 3.8) is 0 Å². The van der Waals surface area contributed by atoms with Crippen molar-refractivity contribution in [1.29, 1.82) is 0 Å². The first-order chi connectivity index (χ1) is 12.5. The van der Waals surface area contributed by atoms with Crippen molar-refractivity contribution in [3.8, 4) is 0 Å². The zero-order valence-electron chi connectivity index (χ0n) is 14.3. The maximum atomic E-state index is 13.6. The van der Waals surface area contributed by atoms with E-state index in [4.69, 9.17) is 9.47 Å². The summed E-state index contributed by atoms with van der Waals surface area (Å²) in [6.45, 7) is 1.08. The molecule has 3 rings (SSSR count). The number of halogens is 1. The quantitative estimate of drug-likeness (QED) is 0.759. The van der Waals surface area contributed by atoms with Crippen LogP contribution in [0.5, 0.6) is 0 Å². The molecule has 1 aliphatic heterocycles. The number of fused-ring (bicyclic) bond motifs is 1. The summed E-state index contributed by atoms with van der Waals surface area (Å²) in [6, 6.07) is 5.11. The molecule has 0 radical (unpaired) electrons. The van der Waals surface area contributed by atoms with Gasteiger partial charge in [0, 0.05) is 19.0 Å². The van der Waals surface area contributed by atoms with Gasteiger partial charge in [-0.25, -0.2) is 17.5 Å². The van der Waals surface area contributed by atoms with E-state index in [0.717, 1.165) is 18.9 Å². The molecule has 0 spiro atoms. The fraction of sp³-hybridized carbons (Fsp3) is 0.588. The molecule has 1 saturated carbocycles. The van der Waals surface area contributed by atoms with Gasteiger partial charge >= 0.3 is 0 Å². The topological polar surface area (TPSA) is 93.7 Å². The van der Waals surface area contributed by atoms with Gasteiger partial charge in [-0.3, -0.25) is 4.79 Å². The zero-order chi connectivity index (χ0) is 18.6. The lowest BCUT2D eigenvalue weighted by Gasteiger charge is -2.39. The smallest absolute Gasteiger partial charge is 0.243 e. The van der Waals surface area contributed by atoms with E-state index in [0.29, 0.717) is 19.6 Å². The van der Waals surface area contributed by atoms with Gasteiger partial charge in [0.15, 0.2) is 0 Å². The van der Waals surface area contributed by atoms with Gasteiger partial charge in [-0.05, 0) is 31.4 Å². The minimum atomic E-state index is -3.98. The number of rotatable bonds is 6. The molecule has 3 unspecified atom stereocenters. The molecule has 144 valence electrons. The Morgan fingerprint density at radius 2 is 1.88 bits per heavy atom. The van der Waals surface area contributed by atoms with Gasteiger partial charge in [0.2, 0.25) is 15.9 Å². The second-order valence-corrected chi connectivity index (χ2v) is 8.21. The van der Waals surface area contributed by atoms with Crippen molar-refractivity contribution in [2.45, 2.75) is 48.8 Å². The Balaban J connectivity index is 1.44. The summed E-state index contributed by atoms with van der Waals surface area (Å²) >= 11 is 0. The summed E-state index contributed by atoms with van der Waals surface area (Å²) in [5, 5.41) is 2.91. The third-order valence-electron chi connectivity index (χ3n) is 4.61. The van der Waals surface area contributed by atoms with Crippen molar-refractivity contribution in [2.24, 2.45) is 0 Å². The van der Waals surface area contributed by atoms with E-state index < -0.39 is 20.7 Å². The first-order valence-electron chi connectivity index (χ1n) is 8.72. The Labute approximate surface area is 152 Å². The average molecular weight is 386 g/mol. The van der Waals surface area contributed by atoms with Gasteiger partial charge in [0.05, 0.1) is 25.4 Å². The van der Waals surface area contributed by atoms with E-state index in [9.17, 15) is 17.6 Å². The highest BCUT2D eigenvalue weighted by Crippen LogP contribution is 2.26. The lowest BCUT2D eigenvalue weighted by atomic mass is 9.89. The molecular formula is C17H23FN2O5S. The maximum absolute atomic E-state index is 13.6. The summed E-state index contributed by atoms with van der Waals surface area (Å²) in [7, 11) is -3.98. The monoisotopic (exact) mass is 386 g/mol. The Morgan fingerprint density at radius 3 is 2.65 bits per heavy atom. The zero-order valence-corrected chi connectivity index (χ0v) is 15.1. The molecule has 1 aromatic carbocycles. The van der Waals surface area contributed by atoms with Crippen LogP contribution in [0, 0.1) is 5.82 Å². The Kier molecular flexibility index (Phi) is 6.23. The minimum Gasteiger partial charge on any atom is -0.373 e. The molecule has 2 aliphatic rings. The van der Waals surface area contributed by atoms with Gasteiger partial charge in [0.25, 0.3) is 0 Å². The van der Waals surface area contributed by atoms with Crippen molar-refractivity contribution in [3.05, 3.63) is 30.1 Å². The molecule has 0 aromatic heterocycles.